The Kier molecular flexibility index (Phi) is 6.99. The number of carbonyl (C=O) groups is 2. The van der Waals surface area contributed by atoms with Gasteiger partial charge in [0, 0.05) is 49.8 Å². The van der Waals surface area contributed by atoms with Crippen LogP contribution in [0.2, 0.25) is 0 Å². The summed E-state index contributed by atoms with van der Waals surface area (Å²) in [5.74, 6) is 0.916. The molecule has 164 valence electrons. The van der Waals surface area contributed by atoms with E-state index >= 15 is 0 Å². The highest BCUT2D eigenvalue weighted by atomic mass is 16.5. The molecule has 0 N–H and O–H groups in total. The van der Waals surface area contributed by atoms with Gasteiger partial charge in [-0.15, -0.1) is 0 Å². The standard InChI is InChI=1S/C25H30N2O4/c1-30-23-7-5-20(6-8-23)24(28)21-9-11-27(12-10-21)25(29)22-4-2-3-19(17-22)18-26-13-15-31-16-14-26/h2-8,17,21H,9-16,18H2,1H3. The number of benzene rings is 2. The van der Waals surface area contributed by atoms with E-state index in [-0.39, 0.29) is 17.6 Å². The average Bonchev–Trinajstić information content (AvgIpc) is 2.84. The number of hydrogen-bond donors (Lipinski definition) is 0. The van der Waals surface area contributed by atoms with Gasteiger partial charge in [-0.2, -0.15) is 0 Å². The molecule has 0 aliphatic carbocycles. The van der Waals surface area contributed by atoms with Crippen LogP contribution in [0.4, 0.5) is 0 Å². The van der Waals surface area contributed by atoms with Gasteiger partial charge in [0.2, 0.25) is 0 Å². The van der Waals surface area contributed by atoms with Crippen molar-refractivity contribution in [2.45, 2.75) is 19.4 Å². The van der Waals surface area contributed by atoms with Crippen molar-refractivity contribution in [1.29, 1.82) is 0 Å². The lowest BCUT2D eigenvalue weighted by Gasteiger charge is -2.31. The van der Waals surface area contributed by atoms with Crippen LogP contribution in [0.15, 0.2) is 48.5 Å². The fraction of sp³-hybridized carbons (Fsp3) is 0.440. The Morgan fingerprint density at radius 1 is 0.968 bits per heavy atom. The lowest BCUT2D eigenvalue weighted by atomic mass is 9.88. The molecule has 2 aliphatic heterocycles. The zero-order chi connectivity index (χ0) is 21.6. The maximum atomic E-state index is 13.1. The molecule has 2 aliphatic rings. The number of piperidine rings is 1. The van der Waals surface area contributed by atoms with Crippen LogP contribution in [0.25, 0.3) is 0 Å². The number of Topliss-reactive ketones (excluding diaryl/α,β-unsaturated/α-hetero) is 1. The number of carbonyl (C=O) groups excluding carboxylic acids is 2. The van der Waals surface area contributed by atoms with Crippen LogP contribution in [0.1, 0.15) is 39.1 Å². The van der Waals surface area contributed by atoms with Gasteiger partial charge in [0.25, 0.3) is 5.91 Å². The molecule has 6 nitrogen and oxygen atoms in total. The summed E-state index contributed by atoms with van der Waals surface area (Å²) in [5, 5.41) is 0. The normalized spacial score (nSPS) is 18.0. The van der Waals surface area contributed by atoms with Gasteiger partial charge in [-0.05, 0) is 54.8 Å². The number of ether oxygens (including phenoxy) is 2. The molecule has 1 amide bonds. The number of ketones is 1. The lowest BCUT2D eigenvalue weighted by Crippen LogP contribution is -2.40. The summed E-state index contributed by atoms with van der Waals surface area (Å²) in [5.41, 5.74) is 2.59. The molecule has 31 heavy (non-hydrogen) atoms. The highest BCUT2D eigenvalue weighted by molar-refractivity contribution is 5.98. The maximum Gasteiger partial charge on any atom is 0.253 e. The molecule has 0 atom stereocenters. The first-order valence-electron chi connectivity index (χ1n) is 11.0. The van der Waals surface area contributed by atoms with Gasteiger partial charge in [0.1, 0.15) is 5.75 Å². The molecular formula is C25H30N2O4. The molecule has 0 aromatic heterocycles. The molecule has 0 unspecified atom stereocenters. The van der Waals surface area contributed by atoms with E-state index in [0.717, 1.165) is 49.7 Å². The molecule has 0 spiro atoms. The summed E-state index contributed by atoms with van der Waals surface area (Å²) in [7, 11) is 1.61. The molecular weight excluding hydrogens is 392 g/mol. The summed E-state index contributed by atoms with van der Waals surface area (Å²) in [6.07, 6.45) is 1.40. The Morgan fingerprint density at radius 2 is 1.68 bits per heavy atom. The Hall–Kier alpha value is -2.70. The fourth-order valence-electron chi connectivity index (χ4n) is 4.34. The summed E-state index contributed by atoms with van der Waals surface area (Å²) < 4.78 is 10.6. The second-order valence-electron chi connectivity index (χ2n) is 8.25. The van der Waals surface area contributed by atoms with Crippen LogP contribution in [0, 0.1) is 5.92 Å². The third-order valence-electron chi connectivity index (χ3n) is 6.21. The summed E-state index contributed by atoms with van der Waals surface area (Å²) >= 11 is 0. The molecule has 4 rings (SSSR count). The van der Waals surface area contributed by atoms with Gasteiger partial charge < -0.3 is 14.4 Å². The van der Waals surface area contributed by atoms with Crippen LogP contribution >= 0.6 is 0 Å². The molecule has 2 aromatic carbocycles. The first-order valence-corrected chi connectivity index (χ1v) is 11.0. The van der Waals surface area contributed by atoms with Gasteiger partial charge >= 0.3 is 0 Å². The van der Waals surface area contributed by atoms with E-state index in [4.69, 9.17) is 9.47 Å². The molecule has 0 radical (unpaired) electrons. The van der Waals surface area contributed by atoms with Crippen LogP contribution < -0.4 is 4.74 Å². The smallest absolute Gasteiger partial charge is 0.253 e. The van der Waals surface area contributed by atoms with Crippen molar-refractivity contribution < 1.29 is 19.1 Å². The molecule has 2 aromatic rings. The van der Waals surface area contributed by atoms with Crippen LogP contribution in [0.3, 0.4) is 0 Å². The third kappa shape index (κ3) is 5.32. The van der Waals surface area contributed by atoms with E-state index in [9.17, 15) is 9.59 Å². The van der Waals surface area contributed by atoms with Crippen LogP contribution in [-0.2, 0) is 11.3 Å². The van der Waals surface area contributed by atoms with Gasteiger partial charge in [0.15, 0.2) is 5.78 Å². The summed E-state index contributed by atoms with van der Waals surface area (Å²) in [4.78, 5) is 30.1. The van der Waals surface area contributed by atoms with Crippen LogP contribution in [-0.4, -0.2) is 68.0 Å². The van der Waals surface area contributed by atoms with Gasteiger partial charge in [-0.25, -0.2) is 0 Å². The minimum absolute atomic E-state index is 0.0369. The van der Waals surface area contributed by atoms with Gasteiger partial charge in [-0.1, -0.05) is 12.1 Å². The Balaban J connectivity index is 1.33. The van der Waals surface area contributed by atoms with E-state index in [1.54, 1.807) is 7.11 Å². The van der Waals surface area contributed by atoms with Crippen molar-refractivity contribution >= 4 is 11.7 Å². The molecule has 2 saturated heterocycles. The van der Waals surface area contributed by atoms with Crippen molar-refractivity contribution in [3.05, 3.63) is 65.2 Å². The minimum atomic E-state index is -0.0369. The average molecular weight is 423 g/mol. The highest BCUT2D eigenvalue weighted by Gasteiger charge is 2.28. The monoisotopic (exact) mass is 422 g/mol. The second kappa shape index (κ2) is 10.1. The van der Waals surface area contributed by atoms with E-state index in [1.807, 2.05) is 47.4 Å². The first kappa shape index (κ1) is 21.5. The van der Waals surface area contributed by atoms with E-state index < -0.39 is 0 Å². The quantitative estimate of drug-likeness (QED) is 0.669. The summed E-state index contributed by atoms with van der Waals surface area (Å²) in [6, 6.07) is 15.2. The largest absolute Gasteiger partial charge is 0.497 e. The van der Waals surface area contributed by atoms with Crippen molar-refractivity contribution in [2.24, 2.45) is 5.92 Å². The molecule has 2 fully saturated rings. The first-order chi connectivity index (χ1) is 15.1. The van der Waals surface area contributed by atoms with Crippen molar-refractivity contribution in [3.63, 3.8) is 0 Å². The number of amides is 1. The maximum absolute atomic E-state index is 13.1. The van der Waals surface area contributed by atoms with Crippen LogP contribution in [0.5, 0.6) is 5.75 Å². The Bertz CT molecular complexity index is 898. The highest BCUT2D eigenvalue weighted by Crippen LogP contribution is 2.24. The zero-order valence-corrected chi connectivity index (χ0v) is 18.1. The SMILES string of the molecule is COc1ccc(C(=O)C2CCN(C(=O)c3cccc(CN4CCOCC4)c3)CC2)cc1. The number of hydrogen-bond acceptors (Lipinski definition) is 5. The molecule has 0 saturated carbocycles. The fourth-order valence-corrected chi connectivity index (χ4v) is 4.34. The summed E-state index contributed by atoms with van der Waals surface area (Å²) in [6.45, 7) is 5.44. The predicted molar refractivity (Wildman–Crippen MR) is 118 cm³/mol. The molecule has 0 bridgehead atoms. The number of nitrogens with zero attached hydrogens (tertiary/aromatic N) is 2. The predicted octanol–water partition coefficient (Wildman–Crippen LogP) is 3.26. The second-order valence-corrected chi connectivity index (χ2v) is 8.25. The van der Waals surface area contributed by atoms with Crippen molar-refractivity contribution in [3.8, 4) is 5.75 Å². The number of methoxy groups -OCH3 is 1. The number of rotatable bonds is 6. The topological polar surface area (TPSA) is 59.1 Å². The Morgan fingerprint density at radius 3 is 2.35 bits per heavy atom. The van der Waals surface area contributed by atoms with Gasteiger partial charge in [0.05, 0.1) is 20.3 Å². The van der Waals surface area contributed by atoms with E-state index in [1.165, 1.54) is 0 Å². The minimum Gasteiger partial charge on any atom is -0.497 e. The molecule has 6 heteroatoms. The number of likely N-dealkylation sites (tertiary alicyclic amines) is 1. The number of morpholine rings is 1. The third-order valence-corrected chi connectivity index (χ3v) is 6.21. The lowest BCUT2D eigenvalue weighted by molar-refractivity contribution is 0.0341. The van der Waals surface area contributed by atoms with Crippen molar-refractivity contribution in [1.82, 2.24) is 9.80 Å². The van der Waals surface area contributed by atoms with E-state index in [2.05, 4.69) is 11.0 Å². The molecule has 2 heterocycles. The van der Waals surface area contributed by atoms with Crippen molar-refractivity contribution in [2.75, 3.05) is 46.5 Å². The zero-order valence-electron chi connectivity index (χ0n) is 18.1. The van der Waals surface area contributed by atoms with E-state index in [0.29, 0.717) is 31.5 Å². The Labute approximate surface area is 183 Å². The van der Waals surface area contributed by atoms with Gasteiger partial charge in [-0.3, -0.25) is 14.5 Å².